The van der Waals surface area contributed by atoms with Gasteiger partial charge >= 0.3 is 0 Å². The third-order valence-electron chi connectivity index (χ3n) is 3.50. The maximum atomic E-state index is 12.3. The summed E-state index contributed by atoms with van der Waals surface area (Å²) in [6, 6.07) is 0. The Kier molecular flexibility index (Phi) is 4.47. The number of ether oxygens (including phenoxy) is 2. The molecule has 0 aromatic carbocycles. The molecule has 1 aromatic rings. The highest BCUT2D eigenvalue weighted by atomic mass is 32.1. The molecule has 114 valence electrons. The third kappa shape index (κ3) is 3.22. The molecule has 2 saturated heterocycles. The van der Waals surface area contributed by atoms with Crippen LogP contribution in [-0.2, 0) is 9.47 Å². The minimum absolute atomic E-state index is 0.121. The van der Waals surface area contributed by atoms with Gasteiger partial charge in [0.2, 0.25) is 0 Å². The average Bonchev–Trinajstić information content (AvgIpc) is 3.05. The predicted molar refractivity (Wildman–Crippen MR) is 75.6 cm³/mol. The van der Waals surface area contributed by atoms with Gasteiger partial charge < -0.3 is 19.3 Å². The Bertz CT molecular complexity index is 477. The molecule has 2 fully saturated rings. The molecule has 2 amide bonds. The largest absolute Gasteiger partial charge is 0.378 e. The van der Waals surface area contributed by atoms with Crippen LogP contribution >= 0.6 is 11.3 Å². The standard InChI is InChI=1S/C13H17N3O4S/c17-12(15-1-5-19-6-2-15)10-9-21-11(14-10)13(18)16-3-7-20-8-4-16/h9H,1-8H2. The van der Waals surface area contributed by atoms with Gasteiger partial charge in [-0.15, -0.1) is 11.3 Å². The second kappa shape index (κ2) is 6.50. The molecule has 3 heterocycles. The molecule has 0 aliphatic carbocycles. The quantitative estimate of drug-likeness (QED) is 0.774. The normalized spacial score (nSPS) is 19.6. The predicted octanol–water partition coefficient (Wildman–Crippen LogP) is 0.0879. The molecule has 3 rings (SSSR count). The van der Waals surface area contributed by atoms with Crippen LogP contribution in [0.25, 0.3) is 0 Å². The Balaban J connectivity index is 1.67. The molecule has 0 radical (unpaired) electrons. The monoisotopic (exact) mass is 311 g/mol. The summed E-state index contributed by atoms with van der Waals surface area (Å²) in [6.07, 6.45) is 0. The van der Waals surface area contributed by atoms with Crippen molar-refractivity contribution in [3.8, 4) is 0 Å². The molecule has 8 heteroatoms. The van der Waals surface area contributed by atoms with Gasteiger partial charge in [0, 0.05) is 31.6 Å². The first-order chi connectivity index (χ1) is 10.3. The van der Waals surface area contributed by atoms with Crippen LogP contribution in [0.3, 0.4) is 0 Å². The fourth-order valence-electron chi connectivity index (χ4n) is 2.30. The number of nitrogens with zero attached hydrogens (tertiary/aromatic N) is 3. The number of carbonyl (C=O) groups is 2. The van der Waals surface area contributed by atoms with Crippen molar-refractivity contribution >= 4 is 23.2 Å². The molecule has 0 atom stereocenters. The molecule has 0 unspecified atom stereocenters. The first kappa shape index (κ1) is 14.4. The van der Waals surface area contributed by atoms with Crippen molar-refractivity contribution in [1.29, 1.82) is 0 Å². The van der Waals surface area contributed by atoms with Crippen molar-refractivity contribution in [1.82, 2.24) is 14.8 Å². The van der Waals surface area contributed by atoms with E-state index in [9.17, 15) is 9.59 Å². The molecule has 1 aromatic heterocycles. The third-order valence-corrected chi connectivity index (χ3v) is 4.33. The van der Waals surface area contributed by atoms with E-state index in [4.69, 9.17) is 9.47 Å². The molecule has 2 aliphatic rings. The lowest BCUT2D eigenvalue weighted by atomic mass is 10.3. The summed E-state index contributed by atoms with van der Waals surface area (Å²) in [5.41, 5.74) is 0.346. The number of carbonyl (C=O) groups excluding carboxylic acids is 2. The molecule has 0 spiro atoms. The Morgan fingerprint density at radius 3 is 2.05 bits per heavy atom. The maximum Gasteiger partial charge on any atom is 0.283 e. The van der Waals surface area contributed by atoms with Gasteiger partial charge in [0.15, 0.2) is 5.01 Å². The van der Waals surface area contributed by atoms with Gasteiger partial charge in [-0.25, -0.2) is 4.98 Å². The van der Waals surface area contributed by atoms with Crippen LogP contribution < -0.4 is 0 Å². The van der Waals surface area contributed by atoms with Crippen molar-refractivity contribution in [3.05, 3.63) is 16.1 Å². The van der Waals surface area contributed by atoms with Gasteiger partial charge in [-0.05, 0) is 0 Å². The van der Waals surface area contributed by atoms with Gasteiger partial charge in [-0.2, -0.15) is 0 Å². The highest BCUT2D eigenvalue weighted by Crippen LogP contribution is 2.15. The van der Waals surface area contributed by atoms with E-state index < -0.39 is 0 Å². The highest BCUT2D eigenvalue weighted by molar-refractivity contribution is 7.11. The summed E-state index contributed by atoms with van der Waals surface area (Å²) in [5.74, 6) is -0.250. The van der Waals surface area contributed by atoms with Gasteiger partial charge in [0.1, 0.15) is 5.69 Å². The van der Waals surface area contributed by atoms with Gasteiger partial charge in [-0.1, -0.05) is 0 Å². The molecule has 21 heavy (non-hydrogen) atoms. The van der Waals surface area contributed by atoms with Crippen LogP contribution in [-0.4, -0.2) is 79.2 Å². The highest BCUT2D eigenvalue weighted by Gasteiger charge is 2.25. The zero-order valence-electron chi connectivity index (χ0n) is 11.6. The zero-order chi connectivity index (χ0) is 14.7. The Morgan fingerprint density at radius 2 is 1.48 bits per heavy atom. The Morgan fingerprint density at radius 1 is 0.952 bits per heavy atom. The molecule has 0 bridgehead atoms. The first-order valence-electron chi connectivity index (χ1n) is 6.95. The smallest absolute Gasteiger partial charge is 0.283 e. The summed E-state index contributed by atoms with van der Waals surface area (Å²) in [7, 11) is 0. The number of morpholine rings is 2. The van der Waals surface area contributed by atoms with E-state index in [2.05, 4.69) is 4.98 Å². The van der Waals surface area contributed by atoms with Crippen molar-refractivity contribution < 1.29 is 19.1 Å². The molecular weight excluding hydrogens is 294 g/mol. The number of thiazole rings is 1. The van der Waals surface area contributed by atoms with E-state index in [1.165, 1.54) is 11.3 Å². The van der Waals surface area contributed by atoms with Gasteiger partial charge in [0.25, 0.3) is 11.8 Å². The van der Waals surface area contributed by atoms with Crippen molar-refractivity contribution in [2.24, 2.45) is 0 Å². The number of rotatable bonds is 2. The summed E-state index contributed by atoms with van der Waals surface area (Å²) >= 11 is 1.22. The van der Waals surface area contributed by atoms with Crippen LogP contribution in [0.2, 0.25) is 0 Å². The number of hydrogen-bond acceptors (Lipinski definition) is 6. The SMILES string of the molecule is O=C(c1csc(C(=O)N2CCOCC2)n1)N1CCOCC1. The molecule has 0 N–H and O–H groups in total. The molecule has 2 aliphatic heterocycles. The van der Waals surface area contributed by atoms with Crippen LogP contribution in [0.5, 0.6) is 0 Å². The van der Waals surface area contributed by atoms with Crippen LogP contribution in [0.4, 0.5) is 0 Å². The summed E-state index contributed by atoms with van der Waals surface area (Å²) < 4.78 is 10.4. The minimum Gasteiger partial charge on any atom is -0.378 e. The van der Waals surface area contributed by atoms with E-state index in [-0.39, 0.29) is 11.8 Å². The Labute approximate surface area is 126 Å². The minimum atomic E-state index is -0.129. The summed E-state index contributed by atoms with van der Waals surface area (Å²) in [5, 5.41) is 2.03. The van der Waals surface area contributed by atoms with E-state index in [1.807, 2.05) is 0 Å². The summed E-state index contributed by atoms with van der Waals surface area (Å²) in [4.78, 5) is 32.2. The molecule has 0 saturated carbocycles. The molecule has 7 nitrogen and oxygen atoms in total. The van der Waals surface area contributed by atoms with Crippen molar-refractivity contribution in [2.45, 2.75) is 0 Å². The average molecular weight is 311 g/mol. The van der Waals surface area contributed by atoms with Crippen molar-refractivity contribution in [3.63, 3.8) is 0 Å². The number of hydrogen-bond donors (Lipinski definition) is 0. The lowest BCUT2D eigenvalue weighted by molar-refractivity contribution is 0.0294. The topological polar surface area (TPSA) is 72.0 Å². The zero-order valence-corrected chi connectivity index (χ0v) is 12.4. The van der Waals surface area contributed by atoms with E-state index >= 15 is 0 Å². The fraction of sp³-hybridized carbons (Fsp3) is 0.615. The van der Waals surface area contributed by atoms with Crippen LogP contribution in [0, 0.1) is 0 Å². The van der Waals surface area contributed by atoms with E-state index in [0.29, 0.717) is 63.3 Å². The number of aromatic nitrogens is 1. The first-order valence-corrected chi connectivity index (χ1v) is 7.83. The van der Waals surface area contributed by atoms with Gasteiger partial charge in [-0.3, -0.25) is 9.59 Å². The van der Waals surface area contributed by atoms with E-state index in [0.717, 1.165) is 0 Å². The second-order valence-corrected chi connectivity index (χ2v) is 5.71. The van der Waals surface area contributed by atoms with Gasteiger partial charge in [0.05, 0.1) is 26.4 Å². The number of amides is 2. The maximum absolute atomic E-state index is 12.3. The Hall–Kier alpha value is -1.51. The lowest BCUT2D eigenvalue weighted by Crippen LogP contribution is -2.41. The fourth-order valence-corrected chi connectivity index (χ4v) is 3.06. The second-order valence-electron chi connectivity index (χ2n) is 4.85. The van der Waals surface area contributed by atoms with Crippen LogP contribution in [0.15, 0.2) is 5.38 Å². The lowest BCUT2D eigenvalue weighted by Gasteiger charge is -2.26. The molecular formula is C13H17N3O4S. The van der Waals surface area contributed by atoms with Crippen LogP contribution in [0.1, 0.15) is 20.3 Å². The summed E-state index contributed by atoms with van der Waals surface area (Å²) in [6.45, 7) is 4.50. The van der Waals surface area contributed by atoms with Crippen molar-refractivity contribution in [2.75, 3.05) is 52.6 Å². The van der Waals surface area contributed by atoms with E-state index in [1.54, 1.807) is 15.2 Å².